The molecule has 0 aliphatic rings. The largest absolute Gasteiger partial charge is 0.493 e. The van der Waals surface area contributed by atoms with Crippen LogP contribution in [0.15, 0.2) is 60.7 Å². The van der Waals surface area contributed by atoms with E-state index in [1.54, 1.807) is 21.3 Å². The Labute approximate surface area is 174 Å². The molecule has 1 heterocycles. The zero-order valence-electron chi connectivity index (χ0n) is 16.5. The molecule has 0 amide bonds. The SMILES string of the molecule is COc1cc(-c2nc3ccccc3n2Cc2ccccc2Cl)cc(OC)c1OC. The van der Waals surface area contributed by atoms with Gasteiger partial charge in [-0.15, -0.1) is 0 Å². The second-order valence-electron chi connectivity index (χ2n) is 6.52. The highest BCUT2D eigenvalue weighted by Gasteiger charge is 2.19. The van der Waals surface area contributed by atoms with Crippen LogP contribution >= 0.6 is 11.6 Å². The monoisotopic (exact) mass is 408 g/mol. The number of methoxy groups -OCH3 is 3. The maximum Gasteiger partial charge on any atom is 0.203 e. The highest BCUT2D eigenvalue weighted by Crippen LogP contribution is 2.41. The molecule has 0 N–H and O–H groups in total. The molecule has 0 aliphatic carbocycles. The Bertz CT molecular complexity index is 1140. The third-order valence-corrected chi connectivity index (χ3v) is 5.23. The number of hydrogen-bond donors (Lipinski definition) is 0. The first kappa shape index (κ1) is 19.2. The smallest absolute Gasteiger partial charge is 0.203 e. The number of ether oxygens (including phenoxy) is 3. The van der Waals surface area contributed by atoms with Gasteiger partial charge in [0, 0.05) is 10.6 Å². The minimum Gasteiger partial charge on any atom is -0.493 e. The number of aromatic nitrogens is 2. The van der Waals surface area contributed by atoms with Crippen molar-refractivity contribution in [1.82, 2.24) is 9.55 Å². The fourth-order valence-corrected chi connectivity index (χ4v) is 3.66. The number of fused-ring (bicyclic) bond motifs is 1. The Morgan fingerprint density at radius 1 is 0.862 bits per heavy atom. The van der Waals surface area contributed by atoms with Crippen LogP contribution in [0, 0.1) is 0 Å². The zero-order chi connectivity index (χ0) is 20.4. The number of rotatable bonds is 6. The van der Waals surface area contributed by atoms with E-state index in [2.05, 4.69) is 10.6 Å². The molecule has 1 aromatic heterocycles. The van der Waals surface area contributed by atoms with Gasteiger partial charge in [0.25, 0.3) is 0 Å². The van der Waals surface area contributed by atoms with Crippen LogP contribution in [0.2, 0.25) is 5.02 Å². The molecule has 5 nitrogen and oxygen atoms in total. The molecule has 0 aliphatic heterocycles. The van der Waals surface area contributed by atoms with Gasteiger partial charge in [-0.1, -0.05) is 41.9 Å². The number of para-hydroxylation sites is 2. The van der Waals surface area contributed by atoms with E-state index < -0.39 is 0 Å². The summed E-state index contributed by atoms with van der Waals surface area (Å²) < 4.78 is 18.7. The normalized spacial score (nSPS) is 10.9. The van der Waals surface area contributed by atoms with Gasteiger partial charge in [-0.05, 0) is 35.9 Å². The van der Waals surface area contributed by atoms with E-state index >= 15 is 0 Å². The van der Waals surface area contributed by atoms with Crippen LogP contribution < -0.4 is 14.2 Å². The van der Waals surface area contributed by atoms with Gasteiger partial charge >= 0.3 is 0 Å². The maximum atomic E-state index is 6.44. The van der Waals surface area contributed by atoms with Crippen LogP contribution in [0.3, 0.4) is 0 Å². The summed E-state index contributed by atoms with van der Waals surface area (Å²) in [5.74, 6) is 2.51. The van der Waals surface area contributed by atoms with Gasteiger partial charge in [0.15, 0.2) is 11.5 Å². The minimum atomic E-state index is 0.549. The molecule has 148 valence electrons. The van der Waals surface area contributed by atoms with E-state index in [4.69, 9.17) is 30.8 Å². The van der Waals surface area contributed by atoms with Gasteiger partial charge in [0.05, 0.1) is 38.9 Å². The predicted molar refractivity (Wildman–Crippen MR) is 115 cm³/mol. The molecular formula is C23H21ClN2O3. The van der Waals surface area contributed by atoms with Gasteiger partial charge < -0.3 is 18.8 Å². The third-order valence-electron chi connectivity index (χ3n) is 4.86. The number of halogens is 1. The molecule has 6 heteroatoms. The van der Waals surface area contributed by atoms with Crippen LogP contribution in [0.4, 0.5) is 0 Å². The van der Waals surface area contributed by atoms with E-state index in [0.29, 0.717) is 23.8 Å². The average molecular weight is 409 g/mol. The van der Waals surface area contributed by atoms with Gasteiger partial charge in [0.1, 0.15) is 5.82 Å². The zero-order valence-corrected chi connectivity index (χ0v) is 17.2. The highest BCUT2D eigenvalue weighted by molar-refractivity contribution is 6.31. The van der Waals surface area contributed by atoms with Crippen molar-refractivity contribution in [2.75, 3.05) is 21.3 Å². The first-order valence-corrected chi connectivity index (χ1v) is 9.53. The first-order chi connectivity index (χ1) is 14.2. The van der Waals surface area contributed by atoms with E-state index in [0.717, 1.165) is 33.0 Å². The summed E-state index contributed by atoms with van der Waals surface area (Å²) >= 11 is 6.44. The van der Waals surface area contributed by atoms with Crippen LogP contribution in [-0.4, -0.2) is 30.9 Å². The molecule has 0 spiro atoms. The molecule has 0 atom stereocenters. The Hall–Kier alpha value is -3.18. The molecule has 0 fully saturated rings. The van der Waals surface area contributed by atoms with Gasteiger partial charge in [-0.3, -0.25) is 0 Å². The lowest BCUT2D eigenvalue weighted by Gasteiger charge is -2.15. The van der Waals surface area contributed by atoms with Crippen molar-refractivity contribution in [3.8, 4) is 28.6 Å². The van der Waals surface area contributed by atoms with Crippen molar-refractivity contribution in [2.45, 2.75) is 6.54 Å². The fraction of sp³-hybridized carbons (Fsp3) is 0.174. The van der Waals surface area contributed by atoms with Gasteiger partial charge in [-0.25, -0.2) is 4.98 Å². The van der Waals surface area contributed by atoms with Crippen molar-refractivity contribution in [2.24, 2.45) is 0 Å². The number of nitrogens with zero attached hydrogens (tertiary/aromatic N) is 2. The molecule has 0 bridgehead atoms. The molecule has 0 radical (unpaired) electrons. The second kappa shape index (κ2) is 8.05. The second-order valence-corrected chi connectivity index (χ2v) is 6.92. The Morgan fingerprint density at radius 3 is 2.17 bits per heavy atom. The first-order valence-electron chi connectivity index (χ1n) is 9.15. The molecule has 0 saturated heterocycles. The maximum absolute atomic E-state index is 6.44. The third kappa shape index (κ3) is 3.49. The lowest BCUT2D eigenvalue weighted by Crippen LogP contribution is -2.04. The van der Waals surface area contributed by atoms with Crippen LogP contribution in [0.5, 0.6) is 17.2 Å². The van der Waals surface area contributed by atoms with Crippen molar-refractivity contribution in [3.63, 3.8) is 0 Å². The summed E-state index contributed by atoms with van der Waals surface area (Å²) in [6.07, 6.45) is 0. The topological polar surface area (TPSA) is 45.5 Å². The van der Waals surface area contributed by atoms with Crippen LogP contribution in [-0.2, 0) is 6.54 Å². The summed E-state index contributed by atoms with van der Waals surface area (Å²) in [6.45, 7) is 0.589. The van der Waals surface area contributed by atoms with Crippen molar-refractivity contribution >= 4 is 22.6 Å². The van der Waals surface area contributed by atoms with E-state index in [-0.39, 0.29) is 0 Å². The summed E-state index contributed by atoms with van der Waals surface area (Å²) in [6, 6.07) is 19.7. The number of benzene rings is 3. The van der Waals surface area contributed by atoms with Crippen LogP contribution in [0.1, 0.15) is 5.56 Å². The van der Waals surface area contributed by atoms with Crippen LogP contribution in [0.25, 0.3) is 22.4 Å². The Kier molecular flexibility index (Phi) is 5.32. The fourth-order valence-electron chi connectivity index (χ4n) is 3.46. The van der Waals surface area contributed by atoms with Crippen molar-refractivity contribution in [3.05, 3.63) is 71.2 Å². The average Bonchev–Trinajstić information content (AvgIpc) is 3.12. The van der Waals surface area contributed by atoms with Crippen molar-refractivity contribution in [1.29, 1.82) is 0 Å². The van der Waals surface area contributed by atoms with E-state index in [9.17, 15) is 0 Å². The Balaban J connectivity index is 1.94. The molecule has 4 rings (SSSR count). The highest BCUT2D eigenvalue weighted by atomic mass is 35.5. The summed E-state index contributed by atoms with van der Waals surface area (Å²) in [5, 5.41) is 0.723. The standard InChI is InChI=1S/C23H21ClN2O3/c1-27-20-12-16(13-21(28-2)22(20)29-3)23-25-18-10-6-7-11-19(18)26(23)14-15-8-4-5-9-17(15)24/h4-13H,14H2,1-3H3. The molecular weight excluding hydrogens is 388 g/mol. The minimum absolute atomic E-state index is 0.549. The molecule has 29 heavy (non-hydrogen) atoms. The molecule has 4 aromatic rings. The van der Waals surface area contributed by atoms with Gasteiger partial charge in [-0.2, -0.15) is 0 Å². The number of imidazole rings is 1. The van der Waals surface area contributed by atoms with E-state index in [1.165, 1.54) is 0 Å². The number of hydrogen-bond acceptors (Lipinski definition) is 4. The summed E-state index contributed by atoms with van der Waals surface area (Å²) in [5.41, 5.74) is 3.81. The quantitative estimate of drug-likeness (QED) is 0.426. The lowest BCUT2D eigenvalue weighted by atomic mass is 10.1. The summed E-state index contributed by atoms with van der Waals surface area (Å²) in [7, 11) is 4.80. The molecule has 0 unspecified atom stereocenters. The predicted octanol–water partition coefficient (Wildman–Crippen LogP) is 5.43. The molecule has 3 aromatic carbocycles. The summed E-state index contributed by atoms with van der Waals surface area (Å²) in [4.78, 5) is 4.88. The van der Waals surface area contributed by atoms with Crippen molar-refractivity contribution < 1.29 is 14.2 Å². The molecule has 0 saturated carbocycles. The van der Waals surface area contributed by atoms with Gasteiger partial charge in [0.2, 0.25) is 5.75 Å². The van der Waals surface area contributed by atoms with E-state index in [1.807, 2.05) is 54.6 Å². The lowest BCUT2D eigenvalue weighted by molar-refractivity contribution is 0.324. The Morgan fingerprint density at radius 2 is 1.52 bits per heavy atom.